The molecule has 2 atom stereocenters. The maximum atomic E-state index is 12.7. The van der Waals surface area contributed by atoms with Crippen molar-refractivity contribution in [3.05, 3.63) is 70.8 Å². The average Bonchev–Trinajstić information content (AvgIpc) is 2.69. The van der Waals surface area contributed by atoms with Gasteiger partial charge in [-0.15, -0.1) is 0 Å². The second-order valence-electron chi connectivity index (χ2n) is 7.15. The normalized spacial score (nSPS) is 14.1. The molecule has 0 bridgehead atoms. The van der Waals surface area contributed by atoms with Gasteiger partial charge in [0.2, 0.25) is 0 Å². The first kappa shape index (κ1) is 22.4. The molecule has 2 unspecified atom stereocenters. The highest BCUT2D eigenvalue weighted by Gasteiger charge is 2.30. The molecule has 2 rings (SSSR count). The monoisotopic (exact) mass is 394 g/mol. The molecule has 154 valence electrons. The largest absolute Gasteiger partial charge is 0.416 e. The second-order valence-corrected chi connectivity index (χ2v) is 7.15. The number of alkyl halides is 3. The predicted molar refractivity (Wildman–Crippen MR) is 105 cm³/mol. The van der Waals surface area contributed by atoms with Crippen LogP contribution in [0, 0.1) is 0 Å². The average molecular weight is 394 g/mol. The highest BCUT2D eigenvalue weighted by atomic mass is 19.4. The van der Waals surface area contributed by atoms with Crippen molar-refractivity contribution in [2.75, 3.05) is 20.3 Å². The molecule has 0 saturated carbocycles. The first-order chi connectivity index (χ1) is 13.3. The second kappa shape index (κ2) is 10.6. The highest BCUT2D eigenvalue weighted by molar-refractivity contribution is 5.29. The topological polar surface area (TPSA) is 18.5 Å². The number of ether oxygens (including phenoxy) is 2. The number of rotatable bonds is 10. The van der Waals surface area contributed by atoms with E-state index in [1.54, 1.807) is 19.2 Å². The fraction of sp³-hybridized carbons (Fsp3) is 0.478. The zero-order valence-electron chi connectivity index (χ0n) is 16.8. The molecule has 0 saturated heterocycles. The molecule has 0 amide bonds. The molecule has 0 spiro atoms. The van der Waals surface area contributed by atoms with Crippen LogP contribution in [0.5, 0.6) is 0 Å². The molecule has 0 aliphatic carbocycles. The number of hydrogen-bond acceptors (Lipinski definition) is 2. The number of methoxy groups -OCH3 is 1. The molecule has 2 aromatic carbocycles. The van der Waals surface area contributed by atoms with Gasteiger partial charge in [0, 0.05) is 7.11 Å². The zero-order valence-corrected chi connectivity index (χ0v) is 16.8. The maximum absolute atomic E-state index is 12.7. The Bertz CT molecular complexity index is 693. The Hall–Kier alpha value is -1.85. The van der Waals surface area contributed by atoms with Gasteiger partial charge in [0.1, 0.15) is 0 Å². The van der Waals surface area contributed by atoms with Crippen LogP contribution in [0.2, 0.25) is 0 Å². The summed E-state index contributed by atoms with van der Waals surface area (Å²) in [6.45, 7) is 5.93. The summed E-state index contributed by atoms with van der Waals surface area (Å²) in [6, 6.07) is 13.9. The molecule has 0 aliphatic rings. The highest BCUT2D eigenvalue weighted by Crippen LogP contribution is 2.34. The van der Waals surface area contributed by atoms with Crippen LogP contribution >= 0.6 is 0 Å². The summed E-state index contributed by atoms with van der Waals surface area (Å²) in [5, 5.41) is 0. The van der Waals surface area contributed by atoms with Gasteiger partial charge in [-0.25, -0.2) is 0 Å². The van der Waals surface area contributed by atoms with Crippen molar-refractivity contribution in [3.63, 3.8) is 0 Å². The van der Waals surface area contributed by atoms with Crippen LogP contribution in [-0.4, -0.2) is 20.3 Å². The van der Waals surface area contributed by atoms with Crippen molar-refractivity contribution in [1.29, 1.82) is 0 Å². The lowest BCUT2D eigenvalue weighted by atomic mass is 9.84. The minimum atomic E-state index is -4.29. The van der Waals surface area contributed by atoms with Gasteiger partial charge in [-0.2, -0.15) is 13.2 Å². The van der Waals surface area contributed by atoms with E-state index in [0.717, 1.165) is 24.0 Å². The molecule has 2 aromatic rings. The van der Waals surface area contributed by atoms with Crippen LogP contribution < -0.4 is 0 Å². The minimum absolute atomic E-state index is 0.185. The first-order valence-corrected chi connectivity index (χ1v) is 9.67. The van der Waals surface area contributed by atoms with E-state index in [9.17, 15) is 13.2 Å². The van der Waals surface area contributed by atoms with Crippen LogP contribution in [0.15, 0.2) is 48.5 Å². The quantitative estimate of drug-likeness (QED) is 0.425. The molecule has 0 N–H and O–H groups in total. The fourth-order valence-electron chi connectivity index (χ4n) is 3.32. The van der Waals surface area contributed by atoms with Crippen LogP contribution in [-0.2, 0) is 22.3 Å². The van der Waals surface area contributed by atoms with Gasteiger partial charge in [-0.1, -0.05) is 50.2 Å². The van der Waals surface area contributed by atoms with Crippen molar-refractivity contribution in [2.24, 2.45) is 0 Å². The van der Waals surface area contributed by atoms with Crippen LogP contribution in [0.25, 0.3) is 0 Å². The van der Waals surface area contributed by atoms with Crippen molar-refractivity contribution in [1.82, 2.24) is 0 Å². The molecule has 0 radical (unpaired) electrons. The van der Waals surface area contributed by atoms with E-state index in [2.05, 4.69) is 38.1 Å². The smallest absolute Gasteiger partial charge is 0.382 e. The number of hydrogen-bond donors (Lipinski definition) is 0. The molecule has 0 heterocycles. The first-order valence-electron chi connectivity index (χ1n) is 9.67. The molecular weight excluding hydrogens is 365 g/mol. The summed E-state index contributed by atoms with van der Waals surface area (Å²) in [7, 11) is 1.65. The van der Waals surface area contributed by atoms with E-state index in [1.807, 2.05) is 0 Å². The lowest BCUT2D eigenvalue weighted by molar-refractivity contribution is -0.137. The van der Waals surface area contributed by atoms with E-state index >= 15 is 0 Å². The van der Waals surface area contributed by atoms with Crippen molar-refractivity contribution < 1.29 is 22.6 Å². The maximum Gasteiger partial charge on any atom is 0.416 e. The molecule has 0 aliphatic heterocycles. The summed E-state index contributed by atoms with van der Waals surface area (Å²) in [6.07, 6.45) is -2.41. The third-order valence-electron chi connectivity index (χ3n) is 5.09. The lowest BCUT2D eigenvalue weighted by Crippen LogP contribution is -2.07. The van der Waals surface area contributed by atoms with Crippen molar-refractivity contribution >= 4 is 0 Å². The fourth-order valence-corrected chi connectivity index (χ4v) is 3.32. The van der Waals surface area contributed by atoms with Crippen LogP contribution in [0.3, 0.4) is 0 Å². The number of benzene rings is 2. The summed E-state index contributed by atoms with van der Waals surface area (Å²) in [5.41, 5.74) is 2.71. The SMILES string of the molecule is CCC(CC(C)c1ccc(C(F)(F)F)cc1)c1ccc(COCCOC)cc1. The minimum Gasteiger partial charge on any atom is -0.382 e. The summed E-state index contributed by atoms with van der Waals surface area (Å²) in [4.78, 5) is 0. The zero-order chi connectivity index (χ0) is 20.6. The lowest BCUT2D eigenvalue weighted by Gasteiger charge is -2.21. The third kappa shape index (κ3) is 6.64. The molecule has 0 fully saturated rings. The van der Waals surface area contributed by atoms with Crippen molar-refractivity contribution in [3.8, 4) is 0 Å². The third-order valence-corrected chi connectivity index (χ3v) is 5.09. The van der Waals surface area contributed by atoms with Crippen LogP contribution in [0.4, 0.5) is 13.2 Å². The molecular formula is C23H29F3O2. The van der Waals surface area contributed by atoms with Crippen molar-refractivity contribution in [2.45, 2.75) is 51.3 Å². The summed E-state index contributed by atoms with van der Waals surface area (Å²) in [5.74, 6) is 0.546. The Labute approximate surface area is 165 Å². The van der Waals surface area contributed by atoms with E-state index in [-0.39, 0.29) is 5.92 Å². The van der Waals surface area contributed by atoms with E-state index in [1.165, 1.54) is 17.7 Å². The number of halogens is 3. The molecule has 0 aromatic heterocycles. The van der Waals surface area contributed by atoms with Gasteiger partial charge in [-0.05, 0) is 53.5 Å². The molecule has 5 heteroatoms. The van der Waals surface area contributed by atoms with Gasteiger partial charge in [-0.3, -0.25) is 0 Å². The predicted octanol–water partition coefficient (Wildman–Crippen LogP) is 6.56. The molecule has 28 heavy (non-hydrogen) atoms. The Morgan fingerprint density at radius 3 is 2.04 bits per heavy atom. The van der Waals surface area contributed by atoms with Gasteiger partial charge in [0.25, 0.3) is 0 Å². The summed E-state index contributed by atoms with van der Waals surface area (Å²) >= 11 is 0. The summed E-state index contributed by atoms with van der Waals surface area (Å²) < 4.78 is 48.7. The Morgan fingerprint density at radius 1 is 0.893 bits per heavy atom. The van der Waals surface area contributed by atoms with Gasteiger partial charge >= 0.3 is 6.18 Å². The van der Waals surface area contributed by atoms with E-state index in [4.69, 9.17) is 9.47 Å². The van der Waals surface area contributed by atoms with E-state index < -0.39 is 11.7 Å². The van der Waals surface area contributed by atoms with Gasteiger partial charge < -0.3 is 9.47 Å². The Morgan fingerprint density at radius 2 is 1.50 bits per heavy atom. The standard InChI is InChI=1S/C23H29F3O2/c1-4-19(21-7-5-18(6-8-21)16-28-14-13-27-3)15-17(2)20-9-11-22(12-10-20)23(24,25)26/h5-12,17,19H,4,13-16H2,1-3H3. The molecule has 2 nitrogen and oxygen atoms in total. The van der Waals surface area contributed by atoms with E-state index in [0.29, 0.717) is 25.7 Å². The van der Waals surface area contributed by atoms with Gasteiger partial charge in [0.05, 0.1) is 25.4 Å². The Balaban J connectivity index is 1.97. The Kier molecular flexibility index (Phi) is 8.52. The van der Waals surface area contributed by atoms with Crippen LogP contribution in [0.1, 0.15) is 60.8 Å². The van der Waals surface area contributed by atoms with Gasteiger partial charge in [0.15, 0.2) is 0 Å².